The third-order valence-electron chi connectivity index (χ3n) is 4.03. The van der Waals surface area contributed by atoms with Crippen LogP contribution in [0.1, 0.15) is 22.9 Å². The molecule has 2 heterocycles. The maximum Gasteiger partial charge on any atom is 0.224 e. The average molecular weight is 351 g/mol. The number of hydrogen-bond acceptors (Lipinski definition) is 4. The van der Waals surface area contributed by atoms with E-state index in [9.17, 15) is 5.11 Å². The summed E-state index contributed by atoms with van der Waals surface area (Å²) >= 11 is 6.11. The molecule has 1 N–H and O–H groups in total. The predicted molar refractivity (Wildman–Crippen MR) is 96.4 cm³/mol. The van der Waals surface area contributed by atoms with Crippen LogP contribution >= 0.6 is 11.6 Å². The quantitative estimate of drug-likeness (QED) is 0.571. The molecule has 124 valence electrons. The number of nitrogens with zero attached hydrogens (tertiary/aromatic N) is 4. The lowest BCUT2D eigenvalue weighted by molar-refractivity contribution is 0.216. The molecular formula is C19H15ClN4O. The van der Waals surface area contributed by atoms with Crippen molar-refractivity contribution in [3.8, 4) is 0 Å². The molecule has 0 spiro atoms. The van der Waals surface area contributed by atoms with Gasteiger partial charge in [0.1, 0.15) is 17.3 Å². The Bertz CT molecular complexity index is 1000. The summed E-state index contributed by atoms with van der Waals surface area (Å²) in [5.74, 6) is 0. The number of hydrogen-bond donors (Lipinski definition) is 1. The minimum atomic E-state index is -0.913. The van der Waals surface area contributed by atoms with Gasteiger partial charge >= 0.3 is 0 Å². The Labute approximate surface area is 149 Å². The minimum Gasteiger partial charge on any atom is -0.382 e. The molecule has 2 aromatic heterocycles. The summed E-state index contributed by atoms with van der Waals surface area (Å²) in [6.07, 6.45) is 0.786. The van der Waals surface area contributed by atoms with Gasteiger partial charge in [0.2, 0.25) is 5.28 Å². The molecule has 4 rings (SSSR count). The Morgan fingerprint density at radius 3 is 2.36 bits per heavy atom. The Hall–Kier alpha value is -2.76. The van der Waals surface area contributed by atoms with Crippen molar-refractivity contribution >= 4 is 22.8 Å². The van der Waals surface area contributed by atoms with Crippen molar-refractivity contribution in [2.45, 2.75) is 12.6 Å². The Morgan fingerprint density at radius 1 is 0.960 bits per heavy atom. The van der Waals surface area contributed by atoms with E-state index in [1.54, 1.807) is 6.33 Å². The molecule has 1 unspecified atom stereocenters. The van der Waals surface area contributed by atoms with Crippen LogP contribution in [0.25, 0.3) is 11.2 Å². The summed E-state index contributed by atoms with van der Waals surface area (Å²) in [4.78, 5) is 13.0. The number of rotatable bonds is 4. The van der Waals surface area contributed by atoms with E-state index in [-0.39, 0.29) is 5.28 Å². The average Bonchev–Trinajstić information content (AvgIpc) is 3.04. The first-order valence-electron chi connectivity index (χ1n) is 7.87. The van der Waals surface area contributed by atoms with Crippen LogP contribution in [0.15, 0.2) is 67.0 Å². The first kappa shape index (κ1) is 15.7. The van der Waals surface area contributed by atoms with Gasteiger partial charge in [-0.2, -0.15) is 4.98 Å². The molecule has 5 nitrogen and oxygen atoms in total. The molecule has 25 heavy (non-hydrogen) atoms. The van der Waals surface area contributed by atoms with Crippen LogP contribution in [0.5, 0.6) is 0 Å². The Morgan fingerprint density at radius 2 is 1.64 bits per heavy atom. The monoisotopic (exact) mass is 350 g/mol. The van der Waals surface area contributed by atoms with E-state index in [0.29, 0.717) is 23.4 Å². The Kier molecular flexibility index (Phi) is 4.17. The maximum absolute atomic E-state index is 10.7. The van der Waals surface area contributed by atoms with Crippen LogP contribution in [-0.4, -0.2) is 24.6 Å². The van der Waals surface area contributed by atoms with Crippen LogP contribution < -0.4 is 0 Å². The molecule has 0 saturated heterocycles. The summed E-state index contributed by atoms with van der Waals surface area (Å²) in [5.41, 5.74) is 3.43. The van der Waals surface area contributed by atoms with Gasteiger partial charge in [0, 0.05) is 0 Å². The fourth-order valence-electron chi connectivity index (χ4n) is 2.82. The van der Waals surface area contributed by atoms with Crippen LogP contribution in [-0.2, 0) is 6.54 Å². The maximum atomic E-state index is 10.7. The fourth-order valence-corrected chi connectivity index (χ4v) is 2.99. The highest BCUT2D eigenvalue weighted by molar-refractivity contribution is 6.28. The van der Waals surface area contributed by atoms with E-state index in [1.165, 1.54) is 0 Å². The van der Waals surface area contributed by atoms with Gasteiger partial charge in [-0.3, -0.25) is 0 Å². The first-order chi connectivity index (χ1) is 12.2. The summed E-state index contributed by atoms with van der Waals surface area (Å²) < 4.78 is 1.90. The van der Waals surface area contributed by atoms with E-state index in [0.717, 1.165) is 11.1 Å². The van der Waals surface area contributed by atoms with Crippen molar-refractivity contribution in [2.75, 3.05) is 0 Å². The topological polar surface area (TPSA) is 63.8 Å². The largest absolute Gasteiger partial charge is 0.382 e. The number of imidazole rings is 1. The lowest BCUT2D eigenvalue weighted by atomic mass is 10.1. The molecule has 0 amide bonds. The second kappa shape index (κ2) is 6.63. The third-order valence-corrected chi connectivity index (χ3v) is 4.20. The molecule has 0 bridgehead atoms. The van der Waals surface area contributed by atoms with E-state index in [2.05, 4.69) is 15.0 Å². The highest BCUT2D eigenvalue weighted by Crippen LogP contribution is 2.27. The first-order valence-corrected chi connectivity index (χ1v) is 8.25. The number of benzene rings is 2. The zero-order valence-electron chi connectivity index (χ0n) is 13.2. The van der Waals surface area contributed by atoms with Crippen molar-refractivity contribution in [3.63, 3.8) is 0 Å². The predicted octanol–water partition coefficient (Wildman–Crippen LogP) is 3.61. The second-order valence-electron chi connectivity index (χ2n) is 5.72. The summed E-state index contributed by atoms with van der Waals surface area (Å²) in [6, 6.07) is 19.3. The standard InChI is InChI=1S/C19H15ClN4O/c20-19-22-15(17(25)14-9-5-2-6-10-14)16-18(23-19)24(12-21-16)11-13-7-3-1-4-8-13/h1-10,12,17,25H,11H2. The van der Waals surface area contributed by atoms with Gasteiger partial charge < -0.3 is 9.67 Å². The third kappa shape index (κ3) is 3.12. The molecule has 1 atom stereocenters. The number of fused-ring (bicyclic) bond motifs is 1. The lowest BCUT2D eigenvalue weighted by Gasteiger charge is -2.11. The van der Waals surface area contributed by atoms with Gasteiger partial charge in [-0.1, -0.05) is 60.7 Å². The lowest BCUT2D eigenvalue weighted by Crippen LogP contribution is -2.06. The molecule has 6 heteroatoms. The molecule has 0 aliphatic carbocycles. The van der Waals surface area contributed by atoms with E-state index in [1.807, 2.05) is 65.2 Å². The van der Waals surface area contributed by atoms with Crippen molar-refractivity contribution < 1.29 is 5.11 Å². The van der Waals surface area contributed by atoms with Crippen LogP contribution in [0, 0.1) is 0 Å². The number of aliphatic hydroxyl groups excluding tert-OH is 1. The zero-order valence-corrected chi connectivity index (χ0v) is 14.0. The fraction of sp³-hybridized carbons (Fsp3) is 0.105. The van der Waals surface area contributed by atoms with Gasteiger partial charge in [-0.25, -0.2) is 9.97 Å². The molecule has 4 aromatic rings. The summed E-state index contributed by atoms with van der Waals surface area (Å²) in [7, 11) is 0. The van der Waals surface area contributed by atoms with Crippen molar-refractivity contribution in [3.05, 3.63) is 89.1 Å². The minimum absolute atomic E-state index is 0.0901. The zero-order chi connectivity index (χ0) is 17.2. The molecule has 0 aliphatic rings. The highest BCUT2D eigenvalue weighted by Gasteiger charge is 2.20. The van der Waals surface area contributed by atoms with Crippen LogP contribution in [0.3, 0.4) is 0 Å². The SMILES string of the molecule is OC(c1ccccc1)c1nc(Cl)nc2c1ncn2Cc1ccccc1. The number of aliphatic hydroxyl groups is 1. The van der Waals surface area contributed by atoms with E-state index < -0.39 is 6.10 Å². The van der Waals surface area contributed by atoms with Gasteiger partial charge in [0.25, 0.3) is 0 Å². The van der Waals surface area contributed by atoms with Gasteiger partial charge in [-0.15, -0.1) is 0 Å². The molecule has 0 saturated carbocycles. The molecular weight excluding hydrogens is 336 g/mol. The van der Waals surface area contributed by atoms with Crippen LogP contribution in [0.4, 0.5) is 0 Å². The highest BCUT2D eigenvalue weighted by atomic mass is 35.5. The molecule has 0 radical (unpaired) electrons. The van der Waals surface area contributed by atoms with Crippen LogP contribution in [0.2, 0.25) is 5.28 Å². The summed E-state index contributed by atoms with van der Waals surface area (Å²) in [6.45, 7) is 0.617. The Balaban J connectivity index is 1.79. The molecule has 2 aromatic carbocycles. The molecule has 0 aliphatic heterocycles. The normalized spacial score (nSPS) is 12.4. The van der Waals surface area contributed by atoms with Crippen molar-refractivity contribution in [1.82, 2.24) is 19.5 Å². The van der Waals surface area contributed by atoms with Crippen molar-refractivity contribution in [1.29, 1.82) is 0 Å². The number of aromatic nitrogens is 4. The second-order valence-corrected chi connectivity index (χ2v) is 6.06. The van der Waals surface area contributed by atoms with Gasteiger partial charge in [0.15, 0.2) is 5.65 Å². The van der Waals surface area contributed by atoms with Crippen molar-refractivity contribution in [2.24, 2.45) is 0 Å². The van der Waals surface area contributed by atoms with Gasteiger partial charge in [-0.05, 0) is 22.7 Å². The molecule has 0 fully saturated rings. The van der Waals surface area contributed by atoms with E-state index in [4.69, 9.17) is 11.6 Å². The van der Waals surface area contributed by atoms with Gasteiger partial charge in [0.05, 0.1) is 12.9 Å². The summed E-state index contributed by atoms with van der Waals surface area (Å²) in [5, 5.41) is 10.8. The number of halogens is 1. The van der Waals surface area contributed by atoms with E-state index >= 15 is 0 Å². The smallest absolute Gasteiger partial charge is 0.224 e.